The molecule has 222 valence electrons. The minimum Gasteiger partial charge on any atom is -0.481 e. The van der Waals surface area contributed by atoms with Crippen molar-refractivity contribution in [3.8, 4) is 0 Å². The molecule has 10 nitrogen and oxygen atoms in total. The number of carbonyl (C=O) groups is 3. The number of carboxylic acids is 1. The van der Waals surface area contributed by atoms with Gasteiger partial charge in [-0.15, -0.1) is 0 Å². The van der Waals surface area contributed by atoms with Gasteiger partial charge in [-0.05, 0) is 80.6 Å². The van der Waals surface area contributed by atoms with Crippen molar-refractivity contribution in [2.45, 2.75) is 83.2 Å². The number of nitrogens with one attached hydrogen (secondary N) is 1. The summed E-state index contributed by atoms with van der Waals surface area (Å²) in [6, 6.07) is 5.06. The molecule has 2 N–H and O–H groups in total. The number of benzene rings is 1. The van der Waals surface area contributed by atoms with Gasteiger partial charge in [0.05, 0.1) is 17.5 Å². The highest BCUT2D eigenvalue weighted by atomic mass is 16.4. The van der Waals surface area contributed by atoms with E-state index in [9.17, 15) is 24.3 Å². The minimum atomic E-state index is -0.985. The van der Waals surface area contributed by atoms with Crippen LogP contribution in [0.4, 0.5) is 0 Å². The third-order valence-electron chi connectivity index (χ3n) is 10.1. The maximum absolute atomic E-state index is 13.4. The standard InChI is InChI=1S/C31H43N5O5/c37-27-9-8-25(29(40)32-27)36-24-7-6-22(18-26(24)35(30(36)41)15-11-28(38)39)10-14-34-20-31(21-34)12-16-33(17-13-31)19-23-4-2-1-3-5-23/h6-7,18,23,25H,1-5,8-17,19-21H2,(H,38,39)(H,32,37,40). The first-order valence-corrected chi connectivity index (χ1v) is 15.5. The van der Waals surface area contributed by atoms with E-state index in [4.69, 9.17) is 0 Å². The average molecular weight is 566 g/mol. The monoisotopic (exact) mass is 565 g/mol. The van der Waals surface area contributed by atoms with Crippen LogP contribution in [0.5, 0.6) is 0 Å². The second-order valence-electron chi connectivity index (χ2n) is 13.0. The summed E-state index contributed by atoms with van der Waals surface area (Å²) in [4.78, 5) is 54.2. The maximum Gasteiger partial charge on any atom is 0.329 e. The van der Waals surface area contributed by atoms with Gasteiger partial charge in [0.2, 0.25) is 11.8 Å². The van der Waals surface area contributed by atoms with Crippen LogP contribution in [0, 0.1) is 11.3 Å². The molecule has 0 bridgehead atoms. The Labute approximate surface area is 240 Å². The number of hydrogen-bond acceptors (Lipinski definition) is 6. The molecule has 1 aromatic heterocycles. The number of fused-ring (bicyclic) bond motifs is 1. The zero-order valence-corrected chi connectivity index (χ0v) is 24.0. The number of imide groups is 1. The van der Waals surface area contributed by atoms with Gasteiger partial charge in [0.25, 0.3) is 0 Å². The smallest absolute Gasteiger partial charge is 0.329 e. The van der Waals surface area contributed by atoms with E-state index in [-0.39, 0.29) is 31.7 Å². The third-order valence-corrected chi connectivity index (χ3v) is 10.1. The van der Waals surface area contributed by atoms with Crippen molar-refractivity contribution in [3.05, 3.63) is 34.2 Å². The van der Waals surface area contributed by atoms with E-state index in [1.165, 1.54) is 73.7 Å². The number of nitrogens with zero attached hydrogens (tertiary/aromatic N) is 4. The number of rotatable bonds is 9. The van der Waals surface area contributed by atoms with Crippen molar-refractivity contribution in [3.63, 3.8) is 0 Å². The fourth-order valence-corrected chi connectivity index (χ4v) is 7.74. The van der Waals surface area contributed by atoms with Crippen LogP contribution in [0.1, 0.15) is 75.8 Å². The van der Waals surface area contributed by atoms with Crippen LogP contribution in [0.3, 0.4) is 0 Å². The summed E-state index contributed by atoms with van der Waals surface area (Å²) in [6.45, 7) is 7.06. The molecule has 10 heteroatoms. The van der Waals surface area contributed by atoms with Crippen LogP contribution in [0.15, 0.2) is 23.0 Å². The van der Waals surface area contributed by atoms with Gasteiger partial charge >= 0.3 is 11.7 Å². The first-order chi connectivity index (χ1) is 19.8. The molecule has 1 spiro atoms. The Balaban J connectivity index is 1.09. The first-order valence-electron chi connectivity index (χ1n) is 15.5. The molecule has 3 aliphatic heterocycles. The van der Waals surface area contributed by atoms with Crippen molar-refractivity contribution in [1.82, 2.24) is 24.3 Å². The zero-order chi connectivity index (χ0) is 28.6. The lowest BCUT2D eigenvalue weighted by Gasteiger charge is -2.54. The van der Waals surface area contributed by atoms with E-state index < -0.39 is 23.6 Å². The van der Waals surface area contributed by atoms with Gasteiger partial charge in [0, 0.05) is 39.1 Å². The van der Waals surface area contributed by atoms with Gasteiger partial charge < -0.3 is 14.9 Å². The molecular weight excluding hydrogens is 522 g/mol. The fraction of sp³-hybridized carbons (Fsp3) is 0.677. The summed E-state index contributed by atoms with van der Waals surface area (Å²) in [5.74, 6) is -0.902. The van der Waals surface area contributed by atoms with Crippen LogP contribution < -0.4 is 11.0 Å². The van der Waals surface area contributed by atoms with Crippen LogP contribution in [-0.2, 0) is 27.3 Å². The van der Waals surface area contributed by atoms with E-state index >= 15 is 0 Å². The predicted octanol–water partition coefficient (Wildman–Crippen LogP) is 2.78. The Morgan fingerprint density at radius 3 is 2.41 bits per heavy atom. The number of imidazole rings is 1. The second kappa shape index (κ2) is 11.7. The number of piperidine rings is 2. The highest BCUT2D eigenvalue weighted by Gasteiger charge is 2.44. The SMILES string of the molecule is O=C(O)CCn1c(=O)n(C2CCC(=O)NC2=O)c2ccc(CCN3CC4(CCN(CC5CCCCC5)CC4)C3)cc21. The number of carbonyl (C=O) groups excluding carboxylic acids is 2. The maximum atomic E-state index is 13.4. The first kappa shape index (κ1) is 28.2. The van der Waals surface area contributed by atoms with Crippen molar-refractivity contribution in [2.75, 3.05) is 39.3 Å². The molecule has 6 rings (SSSR count). The van der Waals surface area contributed by atoms with Crippen LogP contribution in [0.2, 0.25) is 0 Å². The van der Waals surface area contributed by atoms with Gasteiger partial charge in [-0.25, -0.2) is 4.79 Å². The van der Waals surface area contributed by atoms with E-state index in [1.54, 1.807) is 0 Å². The molecule has 1 atom stereocenters. The van der Waals surface area contributed by atoms with Crippen molar-refractivity contribution >= 4 is 28.8 Å². The number of hydrogen-bond donors (Lipinski definition) is 2. The van der Waals surface area contributed by atoms with Gasteiger partial charge in [-0.1, -0.05) is 25.3 Å². The number of aromatic nitrogens is 2. The third kappa shape index (κ3) is 6.00. The summed E-state index contributed by atoms with van der Waals surface area (Å²) >= 11 is 0. The highest BCUT2D eigenvalue weighted by Crippen LogP contribution is 2.41. The Bertz CT molecular complexity index is 1360. The summed E-state index contributed by atoms with van der Waals surface area (Å²) in [7, 11) is 0. The van der Waals surface area contributed by atoms with Crippen LogP contribution in [-0.4, -0.2) is 81.1 Å². The molecule has 0 radical (unpaired) electrons. The van der Waals surface area contributed by atoms with Gasteiger partial charge in [-0.2, -0.15) is 0 Å². The van der Waals surface area contributed by atoms with E-state index in [1.807, 2.05) is 18.2 Å². The van der Waals surface area contributed by atoms with Crippen molar-refractivity contribution in [2.24, 2.45) is 11.3 Å². The minimum absolute atomic E-state index is 0.0286. The van der Waals surface area contributed by atoms with E-state index in [0.29, 0.717) is 16.4 Å². The molecule has 4 aliphatic rings. The largest absolute Gasteiger partial charge is 0.481 e. The summed E-state index contributed by atoms with van der Waals surface area (Å²) in [5, 5.41) is 11.6. The number of likely N-dealkylation sites (tertiary alicyclic amines) is 2. The van der Waals surface area contributed by atoms with Gasteiger partial charge in [-0.3, -0.25) is 28.8 Å². The van der Waals surface area contributed by atoms with Crippen molar-refractivity contribution in [1.29, 1.82) is 0 Å². The van der Waals surface area contributed by atoms with E-state index in [2.05, 4.69) is 15.1 Å². The number of aryl methyl sites for hydroxylation is 1. The Morgan fingerprint density at radius 2 is 1.71 bits per heavy atom. The summed E-state index contributed by atoms with van der Waals surface area (Å²) in [6.07, 6.45) is 10.7. The molecule has 4 heterocycles. The molecular formula is C31H43N5O5. The zero-order valence-electron chi connectivity index (χ0n) is 24.0. The molecule has 2 aromatic rings. The number of carboxylic acid groups (broad SMARTS) is 1. The lowest BCUT2D eigenvalue weighted by molar-refractivity contribution is -0.138. The quantitative estimate of drug-likeness (QED) is 0.449. The van der Waals surface area contributed by atoms with Crippen molar-refractivity contribution < 1.29 is 19.5 Å². The van der Waals surface area contributed by atoms with Gasteiger partial charge in [0.15, 0.2) is 0 Å². The Hall–Kier alpha value is -2.98. The normalized spacial score (nSPS) is 24.0. The van der Waals surface area contributed by atoms with Crippen LogP contribution >= 0.6 is 0 Å². The number of amides is 2. The predicted molar refractivity (Wildman–Crippen MR) is 155 cm³/mol. The van der Waals surface area contributed by atoms with Crippen LogP contribution in [0.25, 0.3) is 11.0 Å². The molecule has 1 aromatic carbocycles. The Kier molecular flexibility index (Phi) is 8.05. The highest BCUT2D eigenvalue weighted by molar-refractivity contribution is 6.00. The molecule has 2 amide bonds. The lowest BCUT2D eigenvalue weighted by Crippen LogP contribution is -2.60. The molecule has 3 saturated heterocycles. The molecule has 4 fully saturated rings. The molecule has 1 aliphatic carbocycles. The average Bonchev–Trinajstić information content (AvgIpc) is 3.21. The summed E-state index contributed by atoms with van der Waals surface area (Å²) < 4.78 is 2.90. The lowest BCUT2D eigenvalue weighted by atomic mass is 9.71. The topological polar surface area (TPSA) is 117 Å². The Morgan fingerprint density at radius 1 is 0.951 bits per heavy atom. The summed E-state index contributed by atoms with van der Waals surface area (Å²) in [5.41, 5.74) is 2.40. The molecule has 41 heavy (non-hydrogen) atoms. The van der Waals surface area contributed by atoms with Gasteiger partial charge in [0.1, 0.15) is 6.04 Å². The number of aliphatic carboxylic acids is 1. The second-order valence-corrected chi connectivity index (χ2v) is 13.0. The molecule has 1 saturated carbocycles. The molecule has 1 unspecified atom stereocenters. The van der Waals surface area contributed by atoms with E-state index in [0.717, 1.165) is 37.5 Å². The fourth-order valence-electron chi connectivity index (χ4n) is 7.74.